The molecule has 0 bridgehead atoms. The third kappa shape index (κ3) is 5.87. The van der Waals surface area contributed by atoms with E-state index in [-0.39, 0.29) is 29.5 Å². The van der Waals surface area contributed by atoms with E-state index >= 15 is 0 Å². The van der Waals surface area contributed by atoms with Crippen molar-refractivity contribution in [3.05, 3.63) is 95.0 Å². The normalized spacial score (nSPS) is 10.9. The fourth-order valence-corrected chi connectivity index (χ4v) is 3.46. The number of fused-ring (bicyclic) bond motifs is 1. The van der Waals surface area contributed by atoms with Gasteiger partial charge in [-0.1, -0.05) is 41.9 Å². The number of nitrogens with zero attached hydrogens (tertiary/aromatic N) is 1. The van der Waals surface area contributed by atoms with Crippen LogP contribution < -0.4 is 21.2 Å². The van der Waals surface area contributed by atoms with Gasteiger partial charge in [0.2, 0.25) is 0 Å². The monoisotopic (exact) mass is 488 g/mol. The highest BCUT2D eigenvalue weighted by Crippen LogP contribution is 2.26. The van der Waals surface area contributed by atoms with Crippen LogP contribution in [-0.4, -0.2) is 29.7 Å². The van der Waals surface area contributed by atoms with Crippen molar-refractivity contribution in [3.8, 4) is 11.5 Å². The van der Waals surface area contributed by atoms with Gasteiger partial charge < -0.3 is 20.9 Å². The molecule has 0 aliphatic heterocycles. The van der Waals surface area contributed by atoms with Crippen molar-refractivity contribution in [3.63, 3.8) is 0 Å². The average Bonchev–Trinajstić information content (AvgIpc) is 2.86. The number of rotatable bonds is 7. The number of nitrogens with one attached hydrogen (secondary N) is 2. The SMILES string of the molecule is Nc1cc(C(=O)N/N=C/c2ccc(NC(=O)COc3ccc(Cl)cc3)c3ccccc23)ccc1O. The Labute approximate surface area is 206 Å². The first-order valence-corrected chi connectivity index (χ1v) is 10.9. The van der Waals surface area contributed by atoms with Gasteiger partial charge >= 0.3 is 0 Å². The van der Waals surface area contributed by atoms with Crippen LogP contribution in [0.4, 0.5) is 11.4 Å². The molecule has 0 aliphatic carbocycles. The number of halogens is 1. The van der Waals surface area contributed by atoms with E-state index in [2.05, 4.69) is 15.8 Å². The molecule has 0 atom stereocenters. The van der Waals surface area contributed by atoms with Crippen molar-refractivity contribution in [2.75, 3.05) is 17.7 Å². The smallest absolute Gasteiger partial charge is 0.271 e. The number of aromatic hydroxyl groups is 1. The highest BCUT2D eigenvalue weighted by atomic mass is 35.5. The minimum absolute atomic E-state index is 0.0970. The van der Waals surface area contributed by atoms with Crippen LogP contribution in [0.5, 0.6) is 11.5 Å². The number of ether oxygens (including phenoxy) is 1. The van der Waals surface area contributed by atoms with Gasteiger partial charge in [-0.15, -0.1) is 0 Å². The summed E-state index contributed by atoms with van der Waals surface area (Å²) < 4.78 is 5.50. The first kappa shape index (κ1) is 23.6. The van der Waals surface area contributed by atoms with Crippen molar-refractivity contribution in [1.29, 1.82) is 0 Å². The number of hydrogen-bond donors (Lipinski definition) is 4. The maximum Gasteiger partial charge on any atom is 0.271 e. The summed E-state index contributed by atoms with van der Waals surface area (Å²) in [5, 5.41) is 18.6. The third-order valence-corrected chi connectivity index (χ3v) is 5.33. The van der Waals surface area contributed by atoms with Crippen molar-refractivity contribution < 1.29 is 19.4 Å². The minimum Gasteiger partial charge on any atom is -0.506 e. The molecule has 0 unspecified atom stereocenters. The Kier molecular flexibility index (Phi) is 7.13. The second kappa shape index (κ2) is 10.6. The van der Waals surface area contributed by atoms with Crippen molar-refractivity contribution >= 4 is 51.8 Å². The Morgan fingerprint density at radius 3 is 2.49 bits per heavy atom. The van der Waals surface area contributed by atoms with Crippen LogP contribution in [0.1, 0.15) is 15.9 Å². The number of hydrogen-bond acceptors (Lipinski definition) is 6. The molecule has 0 radical (unpaired) electrons. The Balaban J connectivity index is 1.45. The van der Waals surface area contributed by atoms with Gasteiger partial charge in [0.05, 0.1) is 11.9 Å². The van der Waals surface area contributed by atoms with Crippen LogP contribution in [0.3, 0.4) is 0 Å². The highest BCUT2D eigenvalue weighted by molar-refractivity contribution is 6.30. The van der Waals surface area contributed by atoms with Crippen molar-refractivity contribution in [2.45, 2.75) is 0 Å². The number of phenolic OH excluding ortho intramolecular Hbond substituents is 1. The molecule has 0 heterocycles. The lowest BCUT2D eigenvalue weighted by atomic mass is 10.0. The summed E-state index contributed by atoms with van der Waals surface area (Å²) in [5.74, 6) is -0.341. The number of benzene rings is 4. The zero-order valence-corrected chi connectivity index (χ0v) is 19.1. The standard InChI is InChI=1S/C26H21ClN4O4/c27-18-7-9-19(10-8-18)35-15-25(33)30-23-11-5-17(20-3-1-2-4-21(20)23)14-29-31-26(34)16-6-12-24(32)22(28)13-16/h1-14,32H,15,28H2,(H,30,33)(H,31,34)/b29-14+. The van der Waals surface area contributed by atoms with Crippen LogP contribution in [0.2, 0.25) is 5.02 Å². The predicted molar refractivity (Wildman–Crippen MR) is 137 cm³/mol. The number of hydrazone groups is 1. The van der Waals surface area contributed by atoms with E-state index in [1.54, 1.807) is 36.4 Å². The Morgan fingerprint density at radius 2 is 1.74 bits per heavy atom. The summed E-state index contributed by atoms with van der Waals surface area (Å²) in [4.78, 5) is 24.7. The summed E-state index contributed by atoms with van der Waals surface area (Å²) in [6.45, 7) is -0.160. The van der Waals surface area contributed by atoms with Gasteiger partial charge in [0.25, 0.3) is 11.8 Å². The van der Waals surface area contributed by atoms with Crippen molar-refractivity contribution in [2.24, 2.45) is 5.10 Å². The van der Waals surface area contributed by atoms with Crippen LogP contribution in [0.25, 0.3) is 10.8 Å². The largest absolute Gasteiger partial charge is 0.506 e. The molecule has 8 nitrogen and oxygen atoms in total. The molecule has 0 aliphatic rings. The zero-order valence-electron chi connectivity index (χ0n) is 18.4. The molecule has 4 aromatic carbocycles. The van der Waals surface area contributed by atoms with Gasteiger partial charge in [-0.3, -0.25) is 9.59 Å². The van der Waals surface area contributed by atoms with Gasteiger partial charge in [-0.05, 0) is 53.9 Å². The van der Waals surface area contributed by atoms with Crippen molar-refractivity contribution in [1.82, 2.24) is 5.43 Å². The molecule has 5 N–H and O–H groups in total. The molecule has 0 aromatic heterocycles. The molecular weight excluding hydrogens is 468 g/mol. The molecule has 2 amide bonds. The Hall–Kier alpha value is -4.56. The molecule has 35 heavy (non-hydrogen) atoms. The molecule has 0 saturated carbocycles. The second-order valence-corrected chi connectivity index (χ2v) is 7.95. The Bertz CT molecular complexity index is 1420. The summed E-state index contributed by atoms with van der Waals surface area (Å²) in [6, 6.07) is 21.9. The summed E-state index contributed by atoms with van der Waals surface area (Å²) in [5.41, 5.74) is 9.79. The van der Waals surface area contributed by atoms with Gasteiger partial charge in [0, 0.05) is 27.2 Å². The minimum atomic E-state index is -0.471. The number of phenols is 1. The van der Waals surface area contributed by atoms with E-state index < -0.39 is 5.91 Å². The fraction of sp³-hybridized carbons (Fsp3) is 0.0385. The first-order chi connectivity index (χ1) is 16.9. The lowest BCUT2D eigenvalue weighted by Crippen LogP contribution is -2.20. The summed E-state index contributed by atoms with van der Waals surface area (Å²) >= 11 is 5.86. The number of anilines is 2. The number of carbonyl (C=O) groups excluding carboxylic acids is 2. The second-order valence-electron chi connectivity index (χ2n) is 7.51. The van der Waals surface area contributed by atoms with E-state index in [0.29, 0.717) is 16.5 Å². The lowest BCUT2D eigenvalue weighted by Gasteiger charge is -2.11. The predicted octanol–water partition coefficient (Wildman–Crippen LogP) is 4.56. The van der Waals surface area contributed by atoms with Crippen LogP contribution in [-0.2, 0) is 4.79 Å². The topological polar surface area (TPSA) is 126 Å². The van der Waals surface area contributed by atoms with Crippen LogP contribution in [0.15, 0.2) is 84.0 Å². The summed E-state index contributed by atoms with van der Waals surface area (Å²) in [7, 11) is 0. The van der Waals surface area contributed by atoms with E-state index in [0.717, 1.165) is 16.3 Å². The molecule has 9 heteroatoms. The van der Waals surface area contributed by atoms with Gasteiger partial charge in [0.15, 0.2) is 6.61 Å². The lowest BCUT2D eigenvalue weighted by molar-refractivity contribution is -0.118. The first-order valence-electron chi connectivity index (χ1n) is 10.5. The number of nitrogens with two attached hydrogens (primary N) is 1. The average molecular weight is 489 g/mol. The molecule has 176 valence electrons. The quantitative estimate of drug-likeness (QED) is 0.131. The molecule has 0 spiro atoms. The van der Waals surface area contributed by atoms with E-state index in [4.69, 9.17) is 22.1 Å². The number of carbonyl (C=O) groups is 2. The fourth-order valence-electron chi connectivity index (χ4n) is 3.33. The third-order valence-electron chi connectivity index (χ3n) is 5.07. The maximum atomic E-state index is 12.4. The van der Waals surface area contributed by atoms with Gasteiger partial charge in [0.1, 0.15) is 11.5 Å². The number of amides is 2. The molecule has 4 rings (SSSR count). The van der Waals surface area contributed by atoms with Gasteiger partial charge in [-0.2, -0.15) is 5.10 Å². The number of nitrogen functional groups attached to an aromatic ring is 1. The zero-order chi connectivity index (χ0) is 24.8. The maximum absolute atomic E-state index is 12.4. The molecule has 0 fully saturated rings. The highest BCUT2D eigenvalue weighted by Gasteiger charge is 2.10. The molecule has 4 aromatic rings. The van der Waals surface area contributed by atoms with E-state index in [9.17, 15) is 14.7 Å². The van der Waals surface area contributed by atoms with Crippen LogP contribution in [0, 0.1) is 0 Å². The van der Waals surface area contributed by atoms with Gasteiger partial charge in [-0.25, -0.2) is 5.43 Å². The van der Waals surface area contributed by atoms with E-state index in [1.807, 2.05) is 24.3 Å². The molecular formula is C26H21ClN4O4. The van der Waals surface area contributed by atoms with Crippen LogP contribution >= 0.6 is 11.6 Å². The summed E-state index contributed by atoms with van der Waals surface area (Å²) in [6.07, 6.45) is 1.51. The molecule has 0 saturated heterocycles. The Morgan fingerprint density at radius 1 is 1.00 bits per heavy atom. The van der Waals surface area contributed by atoms with E-state index in [1.165, 1.54) is 24.4 Å².